The molecule has 18 heavy (non-hydrogen) atoms. The van der Waals surface area contributed by atoms with E-state index in [2.05, 4.69) is 18.2 Å². The number of carboxylic acids is 1. The number of carbonyl (C=O) groups excluding carboxylic acids is 1. The zero-order valence-electron chi connectivity index (χ0n) is 9.93. The van der Waals surface area contributed by atoms with Crippen LogP contribution in [0, 0.1) is 0 Å². The Labute approximate surface area is 105 Å². The topological polar surface area (TPSA) is 54.4 Å². The summed E-state index contributed by atoms with van der Waals surface area (Å²) in [6.45, 7) is 0. The smallest absolute Gasteiger partial charge is 0.372 e. The summed E-state index contributed by atoms with van der Waals surface area (Å²) in [7, 11) is 0. The molecule has 0 atom stereocenters. The summed E-state index contributed by atoms with van der Waals surface area (Å²) in [6.07, 6.45) is 8.47. The van der Waals surface area contributed by atoms with Gasteiger partial charge in [0.05, 0.1) is 0 Å². The van der Waals surface area contributed by atoms with E-state index < -0.39 is 11.8 Å². The van der Waals surface area contributed by atoms with Crippen molar-refractivity contribution in [3.8, 4) is 0 Å². The first-order valence-electron chi connectivity index (χ1n) is 5.89. The molecule has 3 nitrogen and oxygen atoms in total. The molecule has 0 spiro atoms. The monoisotopic (exact) mass is 242 g/mol. The van der Waals surface area contributed by atoms with Gasteiger partial charge in [-0.15, -0.1) is 0 Å². The fraction of sp³-hybridized carbons (Fsp3) is 0.200. The molecule has 0 aromatic heterocycles. The first-order chi connectivity index (χ1) is 8.66. The van der Waals surface area contributed by atoms with Crippen molar-refractivity contribution in [3.63, 3.8) is 0 Å². The molecule has 0 bridgehead atoms. The van der Waals surface area contributed by atoms with E-state index in [0.717, 1.165) is 24.0 Å². The van der Waals surface area contributed by atoms with Crippen molar-refractivity contribution >= 4 is 17.3 Å². The molecule has 1 aromatic carbocycles. The molecule has 2 rings (SSSR count). The molecule has 0 saturated carbocycles. The molecule has 0 saturated heterocycles. The Kier molecular flexibility index (Phi) is 3.72. The summed E-state index contributed by atoms with van der Waals surface area (Å²) in [5, 5.41) is 8.53. The summed E-state index contributed by atoms with van der Waals surface area (Å²) in [6, 6.07) is 7.46. The van der Waals surface area contributed by atoms with Crippen LogP contribution in [0.5, 0.6) is 0 Å². The van der Waals surface area contributed by atoms with Gasteiger partial charge in [-0.2, -0.15) is 0 Å². The number of carboxylic acid groups (broad SMARTS) is 1. The number of benzene rings is 1. The first-order valence-corrected chi connectivity index (χ1v) is 5.89. The normalized spacial score (nSPS) is 14.1. The molecule has 0 heterocycles. The van der Waals surface area contributed by atoms with E-state index in [1.165, 1.54) is 5.57 Å². The highest BCUT2D eigenvalue weighted by Crippen LogP contribution is 2.21. The van der Waals surface area contributed by atoms with Crippen molar-refractivity contribution in [1.82, 2.24) is 0 Å². The van der Waals surface area contributed by atoms with E-state index in [1.807, 2.05) is 12.1 Å². The van der Waals surface area contributed by atoms with Crippen LogP contribution >= 0.6 is 0 Å². The summed E-state index contributed by atoms with van der Waals surface area (Å²) in [4.78, 5) is 21.5. The van der Waals surface area contributed by atoms with Gasteiger partial charge in [0.1, 0.15) is 0 Å². The highest BCUT2D eigenvalue weighted by Gasteiger charge is 2.12. The number of Topliss-reactive ketones (excluding diaryl/α,β-unsaturated/α-hetero) is 1. The lowest BCUT2D eigenvalue weighted by Gasteiger charge is -2.07. The van der Waals surface area contributed by atoms with E-state index in [-0.39, 0.29) is 6.42 Å². The fourth-order valence-electron chi connectivity index (χ4n) is 1.90. The summed E-state index contributed by atoms with van der Waals surface area (Å²) in [5.74, 6) is -2.16. The number of hydrogen-bond donors (Lipinski definition) is 1. The second-order valence-corrected chi connectivity index (χ2v) is 4.24. The SMILES string of the molecule is O=C(O)C(=O)Cc1ccc(C2=CCCC=C2)cc1. The van der Waals surface area contributed by atoms with E-state index in [1.54, 1.807) is 12.1 Å². The first kappa shape index (κ1) is 12.3. The lowest BCUT2D eigenvalue weighted by Crippen LogP contribution is -2.14. The minimum atomic E-state index is -1.38. The van der Waals surface area contributed by atoms with E-state index >= 15 is 0 Å². The molecule has 1 N–H and O–H groups in total. The maximum atomic E-state index is 11.1. The second-order valence-electron chi connectivity index (χ2n) is 4.24. The highest BCUT2D eigenvalue weighted by atomic mass is 16.4. The summed E-state index contributed by atoms with van der Waals surface area (Å²) in [5.41, 5.74) is 3.00. The Bertz CT molecular complexity index is 521. The van der Waals surface area contributed by atoms with Crippen LogP contribution in [0.2, 0.25) is 0 Å². The van der Waals surface area contributed by atoms with Gasteiger partial charge in [0.25, 0.3) is 0 Å². The predicted octanol–water partition coefficient (Wildman–Crippen LogP) is 2.62. The molecular weight excluding hydrogens is 228 g/mol. The van der Waals surface area contributed by atoms with Gasteiger partial charge in [-0.3, -0.25) is 4.79 Å². The molecule has 1 aliphatic carbocycles. The van der Waals surface area contributed by atoms with Crippen molar-refractivity contribution in [1.29, 1.82) is 0 Å². The number of carbonyl (C=O) groups is 2. The van der Waals surface area contributed by atoms with Crippen LogP contribution in [0.25, 0.3) is 5.57 Å². The van der Waals surface area contributed by atoms with Gasteiger partial charge in [0.15, 0.2) is 0 Å². The predicted molar refractivity (Wildman–Crippen MR) is 69.1 cm³/mol. The molecule has 1 aliphatic rings. The Morgan fingerprint density at radius 3 is 2.39 bits per heavy atom. The van der Waals surface area contributed by atoms with Gasteiger partial charge < -0.3 is 5.11 Å². The average molecular weight is 242 g/mol. The van der Waals surface area contributed by atoms with Gasteiger partial charge in [0, 0.05) is 6.42 Å². The van der Waals surface area contributed by atoms with Crippen molar-refractivity contribution < 1.29 is 14.7 Å². The maximum Gasteiger partial charge on any atom is 0.372 e. The number of allylic oxidation sites excluding steroid dienone is 4. The van der Waals surface area contributed by atoms with Gasteiger partial charge >= 0.3 is 5.97 Å². The highest BCUT2D eigenvalue weighted by molar-refractivity contribution is 6.33. The number of aliphatic carboxylic acids is 1. The Hall–Kier alpha value is -2.16. The number of rotatable bonds is 4. The van der Waals surface area contributed by atoms with Crippen LogP contribution in [0.1, 0.15) is 24.0 Å². The average Bonchev–Trinajstić information content (AvgIpc) is 2.40. The third-order valence-corrected chi connectivity index (χ3v) is 2.89. The van der Waals surface area contributed by atoms with Crippen LogP contribution in [-0.2, 0) is 16.0 Å². The van der Waals surface area contributed by atoms with E-state index in [0.29, 0.717) is 0 Å². The largest absolute Gasteiger partial charge is 0.475 e. The molecule has 3 heteroatoms. The van der Waals surface area contributed by atoms with Crippen LogP contribution < -0.4 is 0 Å². The molecule has 92 valence electrons. The molecule has 0 unspecified atom stereocenters. The van der Waals surface area contributed by atoms with Gasteiger partial charge in [0.2, 0.25) is 5.78 Å². The van der Waals surface area contributed by atoms with E-state index in [9.17, 15) is 9.59 Å². The Morgan fingerprint density at radius 1 is 1.11 bits per heavy atom. The second kappa shape index (κ2) is 5.45. The Balaban J connectivity index is 2.10. The minimum absolute atomic E-state index is 0.0511. The summed E-state index contributed by atoms with van der Waals surface area (Å²) < 4.78 is 0. The van der Waals surface area contributed by atoms with Crippen molar-refractivity contribution in [2.24, 2.45) is 0 Å². The molecule has 0 fully saturated rings. The molecular formula is C15H14O3. The molecule has 0 amide bonds. The zero-order chi connectivity index (χ0) is 13.0. The minimum Gasteiger partial charge on any atom is -0.475 e. The summed E-state index contributed by atoms with van der Waals surface area (Å²) >= 11 is 0. The standard InChI is InChI=1S/C15H14O3/c16-14(15(17)18)10-11-6-8-13(9-7-11)12-4-2-1-3-5-12/h2,4-9H,1,3,10H2,(H,17,18). The molecule has 0 radical (unpaired) electrons. The van der Waals surface area contributed by atoms with Gasteiger partial charge in [-0.25, -0.2) is 4.79 Å². The fourth-order valence-corrected chi connectivity index (χ4v) is 1.90. The lowest BCUT2D eigenvalue weighted by molar-refractivity contribution is -0.148. The van der Waals surface area contributed by atoms with Crippen LogP contribution in [0.4, 0.5) is 0 Å². The third kappa shape index (κ3) is 2.94. The van der Waals surface area contributed by atoms with Crippen LogP contribution in [0.15, 0.2) is 42.5 Å². The van der Waals surface area contributed by atoms with Gasteiger partial charge in [-0.05, 0) is 29.5 Å². The van der Waals surface area contributed by atoms with Gasteiger partial charge in [-0.1, -0.05) is 42.5 Å². The quantitative estimate of drug-likeness (QED) is 0.826. The third-order valence-electron chi connectivity index (χ3n) is 2.89. The van der Waals surface area contributed by atoms with Crippen molar-refractivity contribution in [2.75, 3.05) is 0 Å². The molecule has 0 aliphatic heterocycles. The van der Waals surface area contributed by atoms with Crippen LogP contribution in [0.3, 0.4) is 0 Å². The van der Waals surface area contributed by atoms with Crippen LogP contribution in [-0.4, -0.2) is 16.9 Å². The lowest BCUT2D eigenvalue weighted by atomic mass is 9.98. The number of ketones is 1. The number of hydrogen-bond acceptors (Lipinski definition) is 2. The zero-order valence-corrected chi connectivity index (χ0v) is 9.93. The van der Waals surface area contributed by atoms with Crippen molar-refractivity contribution in [3.05, 3.63) is 53.6 Å². The van der Waals surface area contributed by atoms with Crippen molar-refractivity contribution in [2.45, 2.75) is 19.3 Å². The molecule has 1 aromatic rings. The Morgan fingerprint density at radius 2 is 1.83 bits per heavy atom. The van der Waals surface area contributed by atoms with E-state index in [4.69, 9.17) is 5.11 Å². The maximum absolute atomic E-state index is 11.1.